The van der Waals surface area contributed by atoms with Crippen LogP contribution in [0.5, 0.6) is 0 Å². The molecule has 0 aliphatic carbocycles. The molecule has 1 atom stereocenters. The Balaban J connectivity index is 2.41. The van der Waals surface area contributed by atoms with Crippen molar-refractivity contribution in [1.29, 1.82) is 0 Å². The molecule has 0 bridgehead atoms. The molecule has 1 saturated heterocycles. The maximum Gasteiger partial charge on any atom is 0.249 e. The predicted molar refractivity (Wildman–Crippen MR) is 70.1 cm³/mol. The van der Waals surface area contributed by atoms with Crippen LogP contribution in [0.4, 0.5) is 18.9 Å². The molecule has 1 aromatic carbocycles. The number of nitrogens with zero attached hydrogens (tertiary/aromatic N) is 1. The minimum absolute atomic E-state index is 0.0673. The Morgan fingerprint density at radius 3 is 2.43 bits per heavy atom. The van der Waals surface area contributed by atoms with Crippen molar-refractivity contribution < 1.29 is 22.8 Å². The maximum absolute atomic E-state index is 13.8. The lowest BCUT2D eigenvalue weighted by molar-refractivity contribution is -0.125. The number of carbonyl (C=O) groups is 2. The van der Waals surface area contributed by atoms with Gasteiger partial charge in [-0.3, -0.25) is 9.59 Å². The second kappa shape index (κ2) is 6.15. The molecule has 1 aliphatic rings. The third-order valence-corrected chi connectivity index (χ3v) is 3.29. The predicted octanol–water partition coefficient (Wildman–Crippen LogP) is 2.13. The van der Waals surface area contributed by atoms with Crippen LogP contribution in [0, 0.1) is 17.5 Å². The van der Waals surface area contributed by atoms with Crippen LogP contribution in [0.1, 0.15) is 26.2 Å². The van der Waals surface area contributed by atoms with Crippen molar-refractivity contribution in [3.05, 3.63) is 29.6 Å². The van der Waals surface area contributed by atoms with E-state index in [1.165, 1.54) is 0 Å². The van der Waals surface area contributed by atoms with E-state index in [0.29, 0.717) is 25.0 Å². The van der Waals surface area contributed by atoms with Gasteiger partial charge < -0.3 is 10.2 Å². The molecular weight excluding hydrogens is 285 g/mol. The Morgan fingerprint density at radius 2 is 1.86 bits per heavy atom. The van der Waals surface area contributed by atoms with Gasteiger partial charge in [0.2, 0.25) is 11.8 Å². The van der Waals surface area contributed by atoms with E-state index in [0.717, 1.165) is 4.90 Å². The molecule has 2 amide bonds. The van der Waals surface area contributed by atoms with Gasteiger partial charge in [0, 0.05) is 25.1 Å². The lowest BCUT2D eigenvalue weighted by atomic mass is 10.1. The molecular formula is C14H15F3N2O2. The van der Waals surface area contributed by atoms with Crippen LogP contribution in [-0.2, 0) is 9.59 Å². The van der Waals surface area contributed by atoms with Gasteiger partial charge in [-0.2, -0.15) is 0 Å². The summed E-state index contributed by atoms with van der Waals surface area (Å²) in [5.74, 6) is -4.33. The van der Waals surface area contributed by atoms with Crippen molar-refractivity contribution >= 4 is 17.5 Å². The van der Waals surface area contributed by atoms with E-state index in [-0.39, 0.29) is 18.9 Å². The molecule has 1 fully saturated rings. The average molecular weight is 300 g/mol. The topological polar surface area (TPSA) is 49.4 Å². The first-order valence-corrected chi connectivity index (χ1v) is 6.69. The maximum atomic E-state index is 13.8. The first-order valence-electron chi connectivity index (χ1n) is 6.69. The van der Waals surface area contributed by atoms with Gasteiger partial charge in [-0.05, 0) is 6.42 Å². The highest BCUT2D eigenvalue weighted by Gasteiger charge is 2.33. The van der Waals surface area contributed by atoms with Crippen LogP contribution in [0.3, 0.4) is 0 Å². The summed E-state index contributed by atoms with van der Waals surface area (Å²) in [6, 6.07) is 0.204. The van der Waals surface area contributed by atoms with Gasteiger partial charge in [0.25, 0.3) is 0 Å². The average Bonchev–Trinajstić information content (AvgIpc) is 2.51. The number of halogens is 3. The van der Waals surface area contributed by atoms with Gasteiger partial charge in [0.1, 0.15) is 17.5 Å². The van der Waals surface area contributed by atoms with E-state index >= 15 is 0 Å². The quantitative estimate of drug-likeness (QED) is 0.929. The molecule has 1 heterocycles. The SMILES string of the molecule is CCCC1NC(=O)CCN(c2c(F)cc(F)cc2F)C1=O. The van der Waals surface area contributed by atoms with E-state index in [9.17, 15) is 22.8 Å². The molecule has 4 nitrogen and oxygen atoms in total. The Bertz CT molecular complexity index is 554. The standard InChI is InChI=1S/C14H15F3N2O2/c1-2-3-11-14(21)19(5-4-12(20)18-11)13-9(16)6-8(15)7-10(13)17/h6-7,11H,2-5H2,1H3,(H,18,20). The first-order chi connectivity index (χ1) is 9.93. The third-order valence-electron chi connectivity index (χ3n) is 3.29. The summed E-state index contributed by atoms with van der Waals surface area (Å²) in [4.78, 5) is 24.8. The third kappa shape index (κ3) is 3.17. The number of rotatable bonds is 3. The number of anilines is 1. The van der Waals surface area contributed by atoms with E-state index in [1.54, 1.807) is 0 Å². The lowest BCUT2D eigenvalue weighted by Gasteiger charge is -2.24. The van der Waals surface area contributed by atoms with Crippen LogP contribution < -0.4 is 10.2 Å². The van der Waals surface area contributed by atoms with Crippen molar-refractivity contribution in [3.8, 4) is 0 Å². The summed E-state index contributed by atoms with van der Waals surface area (Å²) < 4.78 is 40.6. The molecule has 1 unspecified atom stereocenters. The molecule has 0 saturated carbocycles. The first kappa shape index (κ1) is 15.3. The summed E-state index contributed by atoms with van der Waals surface area (Å²) in [5.41, 5.74) is -0.612. The molecule has 21 heavy (non-hydrogen) atoms. The second-order valence-corrected chi connectivity index (χ2v) is 4.87. The van der Waals surface area contributed by atoms with E-state index in [1.807, 2.05) is 6.92 Å². The van der Waals surface area contributed by atoms with E-state index in [2.05, 4.69) is 5.32 Å². The zero-order valence-corrected chi connectivity index (χ0v) is 11.5. The number of nitrogens with one attached hydrogen (secondary N) is 1. The second-order valence-electron chi connectivity index (χ2n) is 4.87. The minimum Gasteiger partial charge on any atom is -0.344 e. The van der Waals surface area contributed by atoms with Crippen molar-refractivity contribution in [2.45, 2.75) is 32.2 Å². The monoisotopic (exact) mass is 300 g/mol. The highest BCUT2D eigenvalue weighted by Crippen LogP contribution is 2.26. The molecule has 0 aromatic heterocycles. The lowest BCUT2D eigenvalue weighted by Crippen LogP contribution is -2.45. The molecule has 0 radical (unpaired) electrons. The number of carbonyl (C=O) groups excluding carboxylic acids is 2. The molecule has 1 aromatic rings. The van der Waals surface area contributed by atoms with Crippen LogP contribution in [0.15, 0.2) is 12.1 Å². The molecule has 1 N–H and O–H groups in total. The van der Waals surface area contributed by atoms with Gasteiger partial charge in [-0.25, -0.2) is 13.2 Å². The van der Waals surface area contributed by atoms with Gasteiger partial charge >= 0.3 is 0 Å². The highest BCUT2D eigenvalue weighted by atomic mass is 19.1. The van der Waals surface area contributed by atoms with Crippen molar-refractivity contribution in [2.75, 3.05) is 11.4 Å². The highest BCUT2D eigenvalue weighted by molar-refractivity contribution is 6.01. The van der Waals surface area contributed by atoms with Gasteiger partial charge in [0.05, 0.1) is 0 Å². The molecule has 1 aliphatic heterocycles. The van der Waals surface area contributed by atoms with Crippen molar-refractivity contribution in [2.24, 2.45) is 0 Å². The smallest absolute Gasteiger partial charge is 0.249 e. The molecule has 7 heteroatoms. The van der Waals surface area contributed by atoms with Crippen LogP contribution in [0.2, 0.25) is 0 Å². The molecule has 2 rings (SSSR count). The fourth-order valence-corrected chi connectivity index (χ4v) is 2.34. The van der Waals surface area contributed by atoms with E-state index < -0.39 is 35.1 Å². The Hall–Kier alpha value is -2.05. The van der Waals surface area contributed by atoms with Gasteiger partial charge in [0.15, 0.2) is 11.6 Å². The molecule has 114 valence electrons. The molecule has 0 spiro atoms. The van der Waals surface area contributed by atoms with Crippen molar-refractivity contribution in [1.82, 2.24) is 5.32 Å². The van der Waals surface area contributed by atoms with Crippen LogP contribution in [-0.4, -0.2) is 24.4 Å². The van der Waals surface area contributed by atoms with E-state index in [4.69, 9.17) is 0 Å². The number of benzene rings is 1. The van der Waals surface area contributed by atoms with Crippen LogP contribution in [0.25, 0.3) is 0 Å². The van der Waals surface area contributed by atoms with Crippen molar-refractivity contribution in [3.63, 3.8) is 0 Å². The number of hydrogen-bond acceptors (Lipinski definition) is 2. The fourth-order valence-electron chi connectivity index (χ4n) is 2.34. The van der Waals surface area contributed by atoms with Gasteiger partial charge in [-0.1, -0.05) is 13.3 Å². The number of amides is 2. The Labute approximate surface area is 119 Å². The van der Waals surface area contributed by atoms with Crippen LogP contribution >= 0.6 is 0 Å². The summed E-state index contributed by atoms with van der Waals surface area (Å²) in [6.07, 6.45) is 0.923. The van der Waals surface area contributed by atoms with Gasteiger partial charge in [-0.15, -0.1) is 0 Å². The zero-order chi connectivity index (χ0) is 15.6. The summed E-state index contributed by atoms with van der Waals surface area (Å²) in [5, 5.41) is 2.53. The summed E-state index contributed by atoms with van der Waals surface area (Å²) in [6.45, 7) is 1.68. The fraction of sp³-hybridized carbons (Fsp3) is 0.429. The Morgan fingerprint density at radius 1 is 1.24 bits per heavy atom. The normalized spacial score (nSPS) is 19.4. The zero-order valence-electron chi connectivity index (χ0n) is 11.5. The largest absolute Gasteiger partial charge is 0.344 e. The Kier molecular flexibility index (Phi) is 4.50. The summed E-state index contributed by atoms with van der Waals surface area (Å²) in [7, 11) is 0. The minimum atomic E-state index is -1.16. The summed E-state index contributed by atoms with van der Waals surface area (Å²) >= 11 is 0. The number of hydrogen-bond donors (Lipinski definition) is 1.